The Hall–Kier alpha value is 1.27. The molecule has 0 spiro atoms. The van der Waals surface area contributed by atoms with Crippen molar-refractivity contribution in [1.82, 2.24) is 0 Å². The molecule has 0 fully saturated rings. The molecule has 6 heavy (non-hydrogen) atoms. The molecule has 0 unspecified atom stereocenters. The van der Waals surface area contributed by atoms with Gasteiger partial charge in [0.05, 0.1) is 0 Å². The summed E-state index contributed by atoms with van der Waals surface area (Å²) in [6.45, 7) is 0. The van der Waals surface area contributed by atoms with Crippen LogP contribution in [0.4, 0.5) is 4.79 Å². The van der Waals surface area contributed by atoms with Gasteiger partial charge in [0.1, 0.15) is 0 Å². The summed E-state index contributed by atoms with van der Waals surface area (Å²) in [5.41, 5.74) is 0. The molecule has 0 aliphatic carbocycles. The fraction of sp³-hybridized carbons (Fsp3) is 0. The van der Waals surface area contributed by atoms with Crippen LogP contribution >= 0.6 is 0 Å². The van der Waals surface area contributed by atoms with Crippen molar-refractivity contribution < 1.29 is 37.4 Å². The zero-order valence-corrected chi connectivity index (χ0v) is 3.59. The summed E-state index contributed by atoms with van der Waals surface area (Å²) in [7, 11) is 0. The Kier molecular flexibility index (Phi) is 25.0. The first-order valence-corrected chi connectivity index (χ1v) is 0.651. The Morgan fingerprint density at radius 3 is 1.33 bits per heavy atom. The summed E-state index contributed by atoms with van der Waals surface area (Å²) >= 11 is 0. The molecule has 2 N–H and O–H groups in total. The number of carboxylic acid groups (broad SMARTS) is 2. The second-order valence-electron chi connectivity index (χ2n) is 0.283. The summed E-state index contributed by atoms with van der Waals surface area (Å²) in [5, 5.41) is 13.9. The SMILES string of the molecule is O=C(O)O.[Ag].[CaH2]. The van der Waals surface area contributed by atoms with E-state index >= 15 is 0 Å². The quantitative estimate of drug-likeness (QED) is 0.522. The summed E-state index contributed by atoms with van der Waals surface area (Å²) in [6, 6.07) is 0. The van der Waals surface area contributed by atoms with Gasteiger partial charge in [-0.05, 0) is 0 Å². The molecular formula is CH4AgCaO3. The van der Waals surface area contributed by atoms with E-state index < -0.39 is 6.16 Å². The van der Waals surface area contributed by atoms with Gasteiger partial charge in [-0.15, -0.1) is 0 Å². The first kappa shape index (κ1) is 15.7. The van der Waals surface area contributed by atoms with Crippen LogP contribution in [0.1, 0.15) is 0 Å². The van der Waals surface area contributed by atoms with Gasteiger partial charge in [0.15, 0.2) is 0 Å². The van der Waals surface area contributed by atoms with Crippen LogP contribution in [0.15, 0.2) is 0 Å². The molecule has 0 heterocycles. The van der Waals surface area contributed by atoms with Crippen LogP contribution in [-0.2, 0) is 22.4 Å². The monoisotopic (exact) mass is 211 g/mol. The molecule has 5 heteroatoms. The third-order valence-electron chi connectivity index (χ3n) is 0. The Morgan fingerprint density at radius 1 is 1.33 bits per heavy atom. The van der Waals surface area contributed by atoms with Gasteiger partial charge in [-0.25, -0.2) is 4.79 Å². The Labute approximate surface area is 80.2 Å². The Morgan fingerprint density at radius 2 is 1.33 bits per heavy atom. The maximum atomic E-state index is 8.56. The van der Waals surface area contributed by atoms with Crippen molar-refractivity contribution in [2.24, 2.45) is 0 Å². The molecule has 0 atom stereocenters. The zero-order valence-electron chi connectivity index (χ0n) is 2.10. The number of hydrogen-bond acceptors (Lipinski definition) is 1. The van der Waals surface area contributed by atoms with Crippen molar-refractivity contribution >= 4 is 43.9 Å². The molecule has 0 aliphatic heterocycles. The predicted molar refractivity (Wildman–Crippen MR) is 19.2 cm³/mol. The van der Waals surface area contributed by atoms with Gasteiger partial charge in [-0.3, -0.25) is 0 Å². The summed E-state index contributed by atoms with van der Waals surface area (Å²) in [4.78, 5) is 8.56. The van der Waals surface area contributed by atoms with E-state index in [1.807, 2.05) is 0 Å². The van der Waals surface area contributed by atoms with E-state index in [0.717, 1.165) is 0 Å². The number of rotatable bonds is 0. The minimum absolute atomic E-state index is 0. The molecule has 0 aromatic carbocycles. The van der Waals surface area contributed by atoms with Crippen molar-refractivity contribution in [2.75, 3.05) is 0 Å². The van der Waals surface area contributed by atoms with Gasteiger partial charge in [-0.2, -0.15) is 0 Å². The molecule has 0 rings (SSSR count). The molecule has 0 amide bonds. The molecule has 0 aromatic rings. The average molecular weight is 212 g/mol. The molecule has 0 saturated heterocycles. The Balaban J connectivity index is -0.0000000450. The molecule has 0 aliphatic rings. The van der Waals surface area contributed by atoms with Gasteiger partial charge in [-0.1, -0.05) is 0 Å². The van der Waals surface area contributed by atoms with E-state index in [-0.39, 0.29) is 60.1 Å². The van der Waals surface area contributed by atoms with Crippen LogP contribution in [-0.4, -0.2) is 54.1 Å². The van der Waals surface area contributed by atoms with Crippen LogP contribution < -0.4 is 0 Å². The normalized spacial score (nSPS) is 4.00. The summed E-state index contributed by atoms with van der Waals surface area (Å²) < 4.78 is 0. The summed E-state index contributed by atoms with van der Waals surface area (Å²) in [6.07, 6.45) is -1.83. The molecule has 1 radical (unpaired) electrons. The van der Waals surface area contributed by atoms with E-state index in [0.29, 0.717) is 0 Å². The van der Waals surface area contributed by atoms with Crippen molar-refractivity contribution in [1.29, 1.82) is 0 Å². The fourth-order valence-corrected chi connectivity index (χ4v) is 0. The van der Waals surface area contributed by atoms with Crippen molar-refractivity contribution in [2.45, 2.75) is 0 Å². The predicted octanol–water partition coefficient (Wildman–Crippen LogP) is -0.696. The van der Waals surface area contributed by atoms with Gasteiger partial charge >= 0.3 is 43.9 Å². The van der Waals surface area contributed by atoms with Crippen molar-refractivity contribution in [3.8, 4) is 0 Å². The van der Waals surface area contributed by atoms with Gasteiger partial charge < -0.3 is 10.2 Å². The van der Waals surface area contributed by atoms with Gasteiger partial charge in [0.25, 0.3) is 0 Å². The molecule has 0 saturated carbocycles. The van der Waals surface area contributed by atoms with E-state index in [9.17, 15) is 0 Å². The Bertz CT molecular complexity index is 33.8. The fourth-order valence-electron chi connectivity index (χ4n) is 0. The van der Waals surface area contributed by atoms with E-state index in [1.165, 1.54) is 0 Å². The van der Waals surface area contributed by atoms with Crippen LogP contribution in [0.25, 0.3) is 0 Å². The van der Waals surface area contributed by atoms with Gasteiger partial charge in [0, 0.05) is 22.4 Å². The minimum atomic E-state index is -1.83. The topological polar surface area (TPSA) is 57.5 Å². The average Bonchev–Trinajstić information content (AvgIpc) is 0.811. The zero-order chi connectivity index (χ0) is 3.58. The van der Waals surface area contributed by atoms with Crippen LogP contribution in [0.5, 0.6) is 0 Å². The van der Waals surface area contributed by atoms with Crippen LogP contribution in [0, 0.1) is 0 Å². The third kappa shape index (κ3) is 59.6. The molecule has 39 valence electrons. The van der Waals surface area contributed by atoms with Crippen LogP contribution in [0.2, 0.25) is 0 Å². The van der Waals surface area contributed by atoms with E-state index in [2.05, 4.69) is 0 Å². The molecule has 3 nitrogen and oxygen atoms in total. The number of carbonyl (C=O) groups is 1. The van der Waals surface area contributed by atoms with Crippen LogP contribution in [0.3, 0.4) is 0 Å². The maximum absolute atomic E-state index is 8.56. The standard InChI is InChI=1S/CH2O3.Ag.Ca.2H/c2-1(3)4;;;;/h(H2,2,3,4);;;;. The molecule has 0 bridgehead atoms. The number of hydrogen-bond donors (Lipinski definition) is 2. The van der Waals surface area contributed by atoms with E-state index in [1.54, 1.807) is 0 Å². The van der Waals surface area contributed by atoms with Crippen molar-refractivity contribution in [3.05, 3.63) is 0 Å². The molecule has 0 aromatic heterocycles. The van der Waals surface area contributed by atoms with Gasteiger partial charge in [0.2, 0.25) is 0 Å². The third-order valence-corrected chi connectivity index (χ3v) is 0. The second kappa shape index (κ2) is 9.55. The van der Waals surface area contributed by atoms with E-state index in [4.69, 9.17) is 15.0 Å². The van der Waals surface area contributed by atoms with Crippen molar-refractivity contribution in [3.63, 3.8) is 0 Å². The first-order valence-electron chi connectivity index (χ1n) is 0.651. The molecular weight excluding hydrogens is 208 g/mol. The first-order chi connectivity index (χ1) is 1.73. The second-order valence-corrected chi connectivity index (χ2v) is 0.283. The summed E-state index contributed by atoms with van der Waals surface area (Å²) in [5.74, 6) is 0.